The molecule has 3 heterocycles. The lowest BCUT2D eigenvalue weighted by molar-refractivity contribution is -0.117. The van der Waals surface area contributed by atoms with Gasteiger partial charge < -0.3 is 10.6 Å². The van der Waals surface area contributed by atoms with Crippen LogP contribution in [-0.2, 0) is 9.59 Å². The summed E-state index contributed by atoms with van der Waals surface area (Å²) in [6.07, 6.45) is 4.24. The monoisotopic (exact) mass is 616 g/mol. The van der Waals surface area contributed by atoms with E-state index in [1.165, 1.54) is 9.79 Å². The van der Waals surface area contributed by atoms with Gasteiger partial charge in [-0.2, -0.15) is 0 Å². The Morgan fingerprint density at radius 2 is 0.955 bits per heavy atom. The third-order valence-corrected chi connectivity index (χ3v) is 10.4. The molecule has 6 aromatic rings. The van der Waals surface area contributed by atoms with Crippen molar-refractivity contribution >= 4 is 90.3 Å². The Hall–Kier alpha value is -4.14. The van der Waals surface area contributed by atoms with E-state index in [1.54, 1.807) is 0 Å². The maximum atomic E-state index is 13.0. The van der Waals surface area contributed by atoms with Gasteiger partial charge in [0.15, 0.2) is 0 Å². The van der Waals surface area contributed by atoms with Crippen LogP contribution >= 0.6 is 23.5 Å². The third kappa shape index (κ3) is 5.84. The number of hydrogen-bond acceptors (Lipinski definition) is 6. The number of nitrogens with one attached hydrogen (secondary N) is 2. The molecule has 0 aliphatic carbocycles. The van der Waals surface area contributed by atoms with Gasteiger partial charge in [0.25, 0.3) is 0 Å². The normalized spacial score (nSPS) is 15.7. The van der Waals surface area contributed by atoms with Gasteiger partial charge in [0.2, 0.25) is 11.8 Å². The number of carbonyl (C=O) groups is 2. The number of rotatable bonds is 0. The Morgan fingerprint density at radius 1 is 0.500 bits per heavy atom. The van der Waals surface area contributed by atoms with Gasteiger partial charge in [-0.1, -0.05) is 67.1 Å². The topological polar surface area (TPSA) is 84.0 Å². The van der Waals surface area contributed by atoms with Crippen LogP contribution in [0.15, 0.2) is 94.7 Å². The molecule has 0 radical (unpaired) electrons. The number of hydrogen-bond donors (Lipinski definition) is 2. The van der Waals surface area contributed by atoms with E-state index in [-0.39, 0.29) is 24.7 Å². The molecule has 8 heteroatoms. The number of anilines is 2. The van der Waals surface area contributed by atoms with E-state index in [4.69, 9.17) is 9.97 Å². The van der Waals surface area contributed by atoms with Gasteiger partial charge in [0.1, 0.15) is 0 Å². The first-order valence-electron chi connectivity index (χ1n) is 15.1. The number of thioether (sulfide) groups is 2. The van der Waals surface area contributed by atoms with Crippen molar-refractivity contribution in [3.63, 3.8) is 0 Å². The molecule has 2 N–H and O–H groups in total. The van der Waals surface area contributed by atoms with Crippen LogP contribution in [0.1, 0.15) is 38.5 Å². The van der Waals surface area contributed by atoms with Crippen LogP contribution in [-0.4, -0.2) is 33.3 Å². The average Bonchev–Trinajstić information content (AvgIpc) is 3.03. The van der Waals surface area contributed by atoms with E-state index < -0.39 is 0 Å². The fourth-order valence-electron chi connectivity index (χ4n) is 5.83. The molecule has 7 rings (SSSR count). The number of benzene rings is 4. The lowest BCUT2D eigenvalue weighted by atomic mass is 10.1. The van der Waals surface area contributed by atoms with Gasteiger partial charge in [-0.25, -0.2) is 9.97 Å². The first-order valence-corrected chi connectivity index (χ1v) is 17.1. The fourth-order valence-corrected chi connectivity index (χ4v) is 8.23. The second-order valence-electron chi connectivity index (χ2n) is 11.0. The fraction of sp³-hybridized carbons (Fsp3) is 0.222. The van der Waals surface area contributed by atoms with Crippen LogP contribution in [0, 0.1) is 0 Å². The molecular weight excluding hydrogens is 585 g/mol. The van der Waals surface area contributed by atoms with Crippen LogP contribution in [0.25, 0.3) is 43.6 Å². The number of nitrogens with zero attached hydrogens (tertiary/aromatic N) is 2. The Bertz CT molecular complexity index is 1900. The first-order chi connectivity index (χ1) is 21.7. The molecule has 0 saturated heterocycles. The van der Waals surface area contributed by atoms with Crippen molar-refractivity contribution in [3.8, 4) is 0 Å². The summed E-state index contributed by atoms with van der Waals surface area (Å²) in [6.45, 7) is 0. The lowest BCUT2D eigenvalue weighted by Crippen LogP contribution is -2.15. The quantitative estimate of drug-likeness (QED) is 0.166. The molecule has 4 aromatic carbocycles. The molecule has 2 amide bonds. The number of aromatic nitrogens is 2. The maximum absolute atomic E-state index is 13.0. The second-order valence-corrected chi connectivity index (χ2v) is 13.2. The Labute approximate surface area is 264 Å². The summed E-state index contributed by atoms with van der Waals surface area (Å²) in [4.78, 5) is 38.4. The van der Waals surface area contributed by atoms with Crippen molar-refractivity contribution in [1.82, 2.24) is 9.97 Å². The van der Waals surface area contributed by atoms with E-state index in [1.807, 2.05) is 72.1 Å². The summed E-state index contributed by atoms with van der Waals surface area (Å²) in [5.41, 5.74) is 4.85. The smallest absolute Gasteiger partial charge is 0.224 e. The van der Waals surface area contributed by atoms with E-state index in [9.17, 15) is 9.59 Å². The molecule has 220 valence electrons. The number of fused-ring (bicyclic) bond motifs is 4. The molecule has 1 aliphatic rings. The van der Waals surface area contributed by atoms with Crippen LogP contribution in [0.4, 0.5) is 11.4 Å². The van der Waals surface area contributed by atoms with Gasteiger partial charge in [-0.3, -0.25) is 9.59 Å². The highest BCUT2D eigenvalue weighted by atomic mass is 32.2. The molecule has 44 heavy (non-hydrogen) atoms. The molecule has 0 spiro atoms. The summed E-state index contributed by atoms with van der Waals surface area (Å²) in [5, 5.41) is 10.5. The summed E-state index contributed by atoms with van der Waals surface area (Å²) < 4.78 is 0. The number of para-hydroxylation sites is 4. The van der Waals surface area contributed by atoms with Crippen molar-refractivity contribution in [3.05, 3.63) is 84.9 Å². The largest absolute Gasteiger partial charge is 0.324 e. The highest BCUT2D eigenvalue weighted by molar-refractivity contribution is 8.00. The highest BCUT2D eigenvalue weighted by Gasteiger charge is 2.16. The zero-order valence-corrected chi connectivity index (χ0v) is 25.9. The molecule has 0 atom stereocenters. The molecule has 6 nitrogen and oxygen atoms in total. The summed E-state index contributed by atoms with van der Waals surface area (Å²) >= 11 is 3.75. The Balaban J connectivity index is 1.21. The standard InChI is InChI=1S/C36H32N4O2S2/c41-31-19-10-20-32(42)38-30-18-9-14-26-34(30)40-28-16-5-3-12-24(28)36(26)44-22-7-1-6-21-43-35-23-11-2-4-15-27(23)39-33-25(35)13-8-17-29(33)37-31/h2-5,8-9,11-18H,1,6-7,10,19-22H2,(H,37,41)(H,38,42). The molecule has 2 aromatic heterocycles. The van der Waals surface area contributed by atoms with Crippen molar-refractivity contribution in [1.29, 1.82) is 0 Å². The van der Waals surface area contributed by atoms with Gasteiger partial charge in [-0.15, -0.1) is 23.5 Å². The summed E-state index contributed by atoms with van der Waals surface area (Å²) in [6, 6.07) is 28.4. The van der Waals surface area contributed by atoms with E-state index in [2.05, 4.69) is 47.0 Å². The minimum atomic E-state index is -0.128. The molecule has 0 saturated carbocycles. The molecule has 0 unspecified atom stereocenters. The van der Waals surface area contributed by atoms with E-state index >= 15 is 0 Å². The molecular formula is C36H32N4O2S2. The predicted octanol–water partition coefficient (Wildman–Crippen LogP) is 9.20. The minimum absolute atomic E-state index is 0.128. The molecule has 8 bridgehead atoms. The molecule has 1 aliphatic heterocycles. The SMILES string of the molecule is O=C1CCCC(=O)Nc2cccc3c(c4ccccc4nc23)SCCCCCSc2c3ccccc3nc3c(cccc23)N1. The Morgan fingerprint density at radius 3 is 1.45 bits per heavy atom. The van der Waals surface area contributed by atoms with Crippen LogP contribution in [0.5, 0.6) is 0 Å². The van der Waals surface area contributed by atoms with Gasteiger partial charge in [0.05, 0.1) is 33.4 Å². The van der Waals surface area contributed by atoms with Crippen LogP contribution in [0.3, 0.4) is 0 Å². The van der Waals surface area contributed by atoms with Crippen molar-refractivity contribution in [2.45, 2.75) is 48.3 Å². The first kappa shape index (κ1) is 28.6. The number of amides is 2. The summed E-state index contributed by atoms with van der Waals surface area (Å²) in [7, 11) is 0. The van der Waals surface area contributed by atoms with Gasteiger partial charge in [-0.05, 0) is 55.0 Å². The highest BCUT2D eigenvalue weighted by Crippen LogP contribution is 2.39. The van der Waals surface area contributed by atoms with Crippen molar-refractivity contribution in [2.24, 2.45) is 0 Å². The minimum Gasteiger partial charge on any atom is -0.324 e. The second kappa shape index (κ2) is 12.8. The summed E-state index contributed by atoms with van der Waals surface area (Å²) in [5.74, 6) is 1.76. The van der Waals surface area contributed by atoms with Gasteiger partial charge >= 0.3 is 0 Å². The zero-order valence-electron chi connectivity index (χ0n) is 24.3. The Kier molecular flexibility index (Phi) is 8.35. The molecule has 0 fully saturated rings. The lowest BCUT2D eigenvalue weighted by Gasteiger charge is -2.15. The zero-order chi connectivity index (χ0) is 29.9. The average molecular weight is 617 g/mol. The van der Waals surface area contributed by atoms with Crippen LogP contribution in [0.2, 0.25) is 0 Å². The van der Waals surface area contributed by atoms with Gasteiger partial charge in [0, 0.05) is 44.2 Å². The van der Waals surface area contributed by atoms with Crippen molar-refractivity contribution < 1.29 is 9.59 Å². The third-order valence-electron chi connectivity index (χ3n) is 7.96. The van der Waals surface area contributed by atoms with Crippen molar-refractivity contribution in [2.75, 3.05) is 22.1 Å². The number of pyridine rings is 2. The van der Waals surface area contributed by atoms with Crippen LogP contribution < -0.4 is 10.6 Å². The number of carbonyl (C=O) groups excluding carboxylic acids is 2. The van der Waals surface area contributed by atoms with E-state index in [0.717, 1.165) is 74.4 Å². The predicted molar refractivity (Wildman–Crippen MR) is 185 cm³/mol. The maximum Gasteiger partial charge on any atom is 0.224 e. The van der Waals surface area contributed by atoms with E-state index in [0.29, 0.717) is 17.8 Å².